The lowest BCUT2D eigenvalue weighted by Crippen LogP contribution is -2.58. The van der Waals surface area contributed by atoms with Crippen LogP contribution in [0.15, 0.2) is 24.4 Å². The van der Waals surface area contributed by atoms with Crippen LogP contribution in [0.3, 0.4) is 0 Å². The number of rotatable bonds is 4. The van der Waals surface area contributed by atoms with Crippen LogP contribution in [0.2, 0.25) is 0 Å². The number of aromatic nitrogens is 1. The quantitative estimate of drug-likeness (QED) is 0.849. The van der Waals surface area contributed by atoms with E-state index in [0.717, 1.165) is 44.7 Å². The highest BCUT2D eigenvalue weighted by Crippen LogP contribution is 2.40. The third-order valence-electron chi connectivity index (χ3n) is 4.83. The molecule has 5 nitrogen and oxygen atoms in total. The highest BCUT2D eigenvalue weighted by atomic mass is 16.5. The molecule has 2 atom stereocenters. The molecule has 120 valence electrons. The molecule has 0 aromatic carbocycles. The van der Waals surface area contributed by atoms with Gasteiger partial charge in [-0.1, -0.05) is 6.07 Å². The lowest BCUT2D eigenvalue weighted by Gasteiger charge is -2.50. The molecule has 0 saturated carbocycles. The standard InChI is InChI=1S/C17H24N2O3/c1-21-13-17-7-4-10-22-15(17)6-9-19(12-17)16(20)11-14-5-2-3-8-18-14/h2-3,5,8,15H,4,6-7,9-13H2,1H3/t15-,17-/m1/s1. The van der Waals surface area contributed by atoms with Crippen LogP contribution in [0.5, 0.6) is 0 Å². The molecule has 0 unspecified atom stereocenters. The maximum Gasteiger partial charge on any atom is 0.228 e. The van der Waals surface area contributed by atoms with Crippen LogP contribution in [-0.4, -0.2) is 55.3 Å². The Morgan fingerprint density at radius 3 is 3.23 bits per heavy atom. The summed E-state index contributed by atoms with van der Waals surface area (Å²) in [5.74, 6) is 0.151. The van der Waals surface area contributed by atoms with Gasteiger partial charge in [0.25, 0.3) is 0 Å². The van der Waals surface area contributed by atoms with Gasteiger partial charge in [0, 0.05) is 44.1 Å². The number of amides is 1. The van der Waals surface area contributed by atoms with Gasteiger partial charge in [-0.25, -0.2) is 0 Å². The van der Waals surface area contributed by atoms with Crippen LogP contribution in [-0.2, 0) is 20.7 Å². The number of ether oxygens (including phenoxy) is 2. The van der Waals surface area contributed by atoms with Crippen molar-refractivity contribution in [3.8, 4) is 0 Å². The molecule has 0 aliphatic carbocycles. The van der Waals surface area contributed by atoms with Crippen molar-refractivity contribution < 1.29 is 14.3 Å². The van der Waals surface area contributed by atoms with Gasteiger partial charge >= 0.3 is 0 Å². The summed E-state index contributed by atoms with van der Waals surface area (Å²) in [6.45, 7) is 2.99. The summed E-state index contributed by atoms with van der Waals surface area (Å²) >= 11 is 0. The number of fused-ring (bicyclic) bond motifs is 1. The summed E-state index contributed by atoms with van der Waals surface area (Å²) in [7, 11) is 1.73. The third-order valence-corrected chi connectivity index (χ3v) is 4.83. The number of hydrogen-bond donors (Lipinski definition) is 0. The second-order valence-electron chi connectivity index (χ2n) is 6.36. The maximum atomic E-state index is 12.6. The molecule has 2 fully saturated rings. The minimum atomic E-state index is -0.0367. The lowest BCUT2D eigenvalue weighted by atomic mass is 9.73. The van der Waals surface area contributed by atoms with Crippen molar-refractivity contribution in [3.63, 3.8) is 0 Å². The van der Waals surface area contributed by atoms with Crippen molar-refractivity contribution in [2.24, 2.45) is 5.41 Å². The molecule has 3 rings (SSSR count). The fourth-order valence-corrected chi connectivity index (χ4v) is 3.77. The van der Waals surface area contributed by atoms with Gasteiger partial charge < -0.3 is 14.4 Å². The summed E-state index contributed by atoms with van der Waals surface area (Å²) in [6.07, 6.45) is 5.34. The molecule has 0 spiro atoms. The number of carbonyl (C=O) groups is 1. The molecule has 0 radical (unpaired) electrons. The molecule has 2 saturated heterocycles. The van der Waals surface area contributed by atoms with Gasteiger partial charge in [0.15, 0.2) is 0 Å². The van der Waals surface area contributed by atoms with E-state index < -0.39 is 0 Å². The number of pyridine rings is 1. The number of piperidine rings is 1. The summed E-state index contributed by atoms with van der Waals surface area (Å²) in [5, 5.41) is 0. The normalized spacial score (nSPS) is 28.2. The van der Waals surface area contributed by atoms with Gasteiger partial charge in [-0.2, -0.15) is 0 Å². The van der Waals surface area contributed by atoms with Crippen molar-refractivity contribution in [2.75, 3.05) is 33.4 Å². The molecule has 5 heteroatoms. The molecular weight excluding hydrogens is 280 g/mol. The Kier molecular flexibility index (Phi) is 4.74. The molecular formula is C17H24N2O3. The molecule has 22 heavy (non-hydrogen) atoms. The van der Waals surface area contributed by atoms with Crippen LogP contribution < -0.4 is 0 Å². The second-order valence-corrected chi connectivity index (χ2v) is 6.36. The summed E-state index contributed by atoms with van der Waals surface area (Å²) < 4.78 is 11.4. The zero-order valence-corrected chi connectivity index (χ0v) is 13.2. The van der Waals surface area contributed by atoms with Crippen molar-refractivity contribution in [3.05, 3.63) is 30.1 Å². The summed E-state index contributed by atoms with van der Waals surface area (Å²) in [6, 6.07) is 5.69. The van der Waals surface area contributed by atoms with E-state index in [2.05, 4.69) is 4.98 Å². The predicted octanol–water partition coefficient (Wildman–Crippen LogP) is 1.67. The maximum absolute atomic E-state index is 12.6. The van der Waals surface area contributed by atoms with Crippen LogP contribution in [0.25, 0.3) is 0 Å². The van der Waals surface area contributed by atoms with Gasteiger partial charge in [0.2, 0.25) is 5.91 Å². The third kappa shape index (κ3) is 3.15. The Labute approximate surface area is 131 Å². The Bertz CT molecular complexity index is 504. The first-order valence-corrected chi connectivity index (χ1v) is 8.02. The minimum absolute atomic E-state index is 0.0367. The van der Waals surface area contributed by atoms with Crippen LogP contribution in [0.1, 0.15) is 25.0 Å². The number of carbonyl (C=O) groups excluding carboxylic acids is 1. The van der Waals surface area contributed by atoms with E-state index in [1.54, 1.807) is 13.3 Å². The number of hydrogen-bond acceptors (Lipinski definition) is 4. The predicted molar refractivity (Wildman–Crippen MR) is 82.4 cm³/mol. The van der Waals surface area contributed by atoms with E-state index in [1.165, 1.54) is 0 Å². The van der Waals surface area contributed by atoms with E-state index in [9.17, 15) is 4.79 Å². The largest absolute Gasteiger partial charge is 0.384 e. The van der Waals surface area contributed by atoms with E-state index in [0.29, 0.717) is 13.0 Å². The molecule has 2 aliphatic rings. The van der Waals surface area contributed by atoms with E-state index in [-0.39, 0.29) is 17.4 Å². The SMILES string of the molecule is COC[C@]12CCCO[C@@H]1CCN(C(=O)Cc1ccccn1)C2. The second kappa shape index (κ2) is 6.75. The molecule has 1 aromatic heterocycles. The molecule has 2 aliphatic heterocycles. The van der Waals surface area contributed by atoms with Crippen LogP contribution >= 0.6 is 0 Å². The summed E-state index contributed by atoms with van der Waals surface area (Å²) in [5.41, 5.74) is 0.792. The van der Waals surface area contributed by atoms with Crippen molar-refractivity contribution in [2.45, 2.75) is 31.8 Å². The zero-order valence-electron chi connectivity index (χ0n) is 13.2. The fourth-order valence-electron chi connectivity index (χ4n) is 3.77. The highest BCUT2D eigenvalue weighted by molar-refractivity contribution is 5.78. The first-order chi connectivity index (χ1) is 10.7. The van der Waals surface area contributed by atoms with E-state index >= 15 is 0 Å². The number of nitrogens with zero attached hydrogens (tertiary/aromatic N) is 2. The molecule has 3 heterocycles. The molecule has 1 amide bonds. The van der Waals surface area contributed by atoms with Gasteiger partial charge in [-0.05, 0) is 31.4 Å². The van der Waals surface area contributed by atoms with E-state index in [1.807, 2.05) is 23.1 Å². The van der Waals surface area contributed by atoms with Gasteiger partial charge in [-0.3, -0.25) is 9.78 Å². The Morgan fingerprint density at radius 2 is 2.45 bits per heavy atom. The molecule has 0 bridgehead atoms. The topological polar surface area (TPSA) is 51.7 Å². The molecule has 1 aromatic rings. The summed E-state index contributed by atoms with van der Waals surface area (Å²) in [4.78, 5) is 18.8. The Balaban J connectivity index is 1.68. The van der Waals surface area contributed by atoms with Crippen LogP contribution in [0.4, 0.5) is 0 Å². The van der Waals surface area contributed by atoms with Crippen LogP contribution in [0, 0.1) is 5.41 Å². The van der Waals surface area contributed by atoms with Crippen molar-refractivity contribution in [1.29, 1.82) is 0 Å². The van der Waals surface area contributed by atoms with Gasteiger partial charge in [-0.15, -0.1) is 0 Å². The smallest absolute Gasteiger partial charge is 0.228 e. The number of methoxy groups -OCH3 is 1. The monoisotopic (exact) mass is 304 g/mol. The number of likely N-dealkylation sites (tertiary alicyclic amines) is 1. The first kappa shape index (κ1) is 15.4. The van der Waals surface area contributed by atoms with Gasteiger partial charge in [0.1, 0.15) is 0 Å². The van der Waals surface area contributed by atoms with Crippen molar-refractivity contribution >= 4 is 5.91 Å². The first-order valence-electron chi connectivity index (χ1n) is 8.02. The Hall–Kier alpha value is -1.46. The average Bonchev–Trinajstić information content (AvgIpc) is 2.55. The highest BCUT2D eigenvalue weighted by Gasteiger charge is 2.46. The molecule has 0 N–H and O–H groups in total. The minimum Gasteiger partial charge on any atom is -0.384 e. The van der Waals surface area contributed by atoms with E-state index in [4.69, 9.17) is 9.47 Å². The average molecular weight is 304 g/mol. The lowest BCUT2D eigenvalue weighted by molar-refractivity contribution is -0.161. The van der Waals surface area contributed by atoms with Gasteiger partial charge in [0.05, 0.1) is 19.1 Å². The Morgan fingerprint density at radius 1 is 1.55 bits per heavy atom. The fraction of sp³-hybridized carbons (Fsp3) is 0.647. The zero-order chi connectivity index (χ0) is 15.4. The van der Waals surface area contributed by atoms with Crippen molar-refractivity contribution in [1.82, 2.24) is 9.88 Å².